The fourth-order valence-corrected chi connectivity index (χ4v) is 6.24. The lowest BCUT2D eigenvalue weighted by molar-refractivity contribution is 0.0552. The first-order valence-corrected chi connectivity index (χ1v) is 14.3. The Hall–Kier alpha value is -3.70. The maximum atomic E-state index is 15.9. The molecule has 0 N–H and O–H groups in total. The van der Waals surface area contributed by atoms with Crippen LogP contribution in [0.25, 0.3) is 33.2 Å². The van der Waals surface area contributed by atoms with Gasteiger partial charge >= 0.3 is 0 Å². The third kappa shape index (κ3) is 4.39. The quantitative estimate of drug-likeness (QED) is 0.304. The Kier molecular flexibility index (Phi) is 5.39. The van der Waals surface area contributed by atoms with Crippen molar-refractivity contribution in [3.8, 4) is 11.3 Å². The van der Waals surface area contributed by atoms with Crippen LogP contribution in [0.15, 0.2) is 53.6 Å². The monoisotopic (exact) mass is 554 g/mol. The molecule has 8 nitrogen and oxygen atoms in total. The summed E-state index contributed by atoms with van der Waals surface area (Å²) in [6.45, 7) is -1.57. The molecule has 0 unspecified atom stereocenters. The Labute approximate surface area is 228 Å². The van der Waals surface area contributed by atoms with Crippen LogP contribution < -0.4 is 0 Å². The van der Waals surface area contributed by atoms with Gasteiger partial charge in [0.15, 0.2) is 9.84 Å². The largest absolute Gasteiger partial charge is 0.381 e. The summed E-state index contributed by atoms with van der Waals surface area (Å²) < 4.78 is 87.8. The molecule has 2 aromatic carbocycles. The number of fused-ring (bicyclic) bond motifs is 3. The molecule has 39 heavy (non-hydrogen) atoms. The van der Waals surface area contributed by atoms with Crippen molar-refractivity contribution in [3.05, 3.63) is 71.6 Å². The Balaban J connectivity index is 1.73. The molecule has 202 valence electrons. The summed E-state index contributed by atoms with van der Waals surface area (Å²) >= 11 is 0. The minimum atomic E-state index is -3.79. The van der Waals surface area contributed by atoms with Crippen molar-refractivity contribution in [1.82, 2.24) is 24.5 Å². The molecule has 1 atom stereocenters. The summed E-state index contributed by atoms with van der Waals surface area (Å²) in [6, 6.07) is 9.68. The van der Waals surface area contributed by atoms with Crippen LogP contribution in [0.1, 0.15) is 34.3 Å². The van der Waals surface area contributed by atoms with Gasteiger partial charge in [0.1, 0.15) is 11.6 Å². The Bertz CT molecular complexity index is 1930. The van der Waals surface area contributed by atoms with E-state index in [1.54, 1.807) is 25.2 Å². The molecule has 1 aliphatic heterocycles. The molecule has 11 heteroatoms. The van der Waals surface area contributed by atoms with E-state index < -0.39 is 34.4 Å². The van der Waals surface area contributed by atoms with E-state index in [0.717, 1.165) is 17.9 Å². The molecule has 0 bridgehead atoms. The molecule has 0 saturated carbocycles. The molecule has 0 spiro atoms. The van der Waals surface area contributed by atoms with Crippen LogP contribution in [0.2, 0.25) is 0 Å². The van der Waals surface area contributed by atoms with E-state index >= 15 is 4.39 Å². The molecule has 0 radical (unpaired) electrons. The van der Waals surface area contributed by atoms with Gasteiger partial charge in [-0.1, -0.05) is 17.3 Å². The molecule has 6 rings (SSSR count). The molecule has 0 amide bonds. The fraction of sp³-hybridized carbons (Fsp3) is 0.321. The summed E-state index contributed by atoms with van der Waals surface area (Å²) in [5.74, 6) is -1.21. The van der Waals surface area contributed by atoms with Gasteiger partial charge in [-0.15, -0.1) is 5.10 Å². The van der Waals surface area contributed by atoms with Gasteiger partial charge in [-0.2, -0.15) is 0 Å². The van der Waals surface area contributed by atoms with Gasteiger partial charge in [0.25, 0.3) is 0 Å². The highest BCUT2D eigenvalue weighted by atomic mass is 32.2. The lowest BCUT2D eigenvalue weighted by Gasteiger charge is -2.33. The standard InChI is InChI=1S/C28H27F2N5O3S/c1-16-27(34(2)33-32-16)19-12-24-26(31-15-19)25-22(30)13-21(39(3,36)37)14-23(25)35(24)28(18-8-10-38-11-9-18)17-4-6-20(29)7-5-17/h4-7,12-15,18,28H,8-11H2,1-3H3/t28-/m1/s1/i1D3. The van der Waals surface area contributed by atoms with Crippen molar-refractivity contribution in [1.29, 1.82) is 0 Å². The molecule has 4 heterocycles. The minimum absolute atomic E-state index is 0.0343. The maximum Gasteiger partial charge on any atom is 0.175 e. The van der Waals surface area contributed by atoms with Crippen molar-refractivity contribution in [3.63, 3.8) is 0 Å². The van der Waals surface area contributed by atoms with E-state index in [4.69, 9.17) is 8.85 Å². The van der Waals surface area contributed by atoms with E-state index in [9.17, 15) is 12.8 Å². The van der Waals surface area contributed by atoms with Crippen molar-refractivity contribution < 1.29 is 26.0 Å². The summed E-state index contributed by atoms with van der Waals surface area (Å²) in [5.41, 5.74) is 2.17. The molecule has 0 aliphatic carbocycles. The van der Waals surface area contributed by atoms with Crippen LogP contribution in [0.5, 0.6) is 0 Å². The van der Waals surface area contributed by atoms with Crippen molar-refractivity contribution >= 4 is 31.8 Å². The van der Waals surface area contributed by atoms with Gasteiger partial charge in [-0.3, -0.25) is 4.98 Å². The zero-order valence-electron chi connectivity index (χ0n) is 24.2. The third-order valence-electron chi connectivity index (χ3n) is 7.40. The number of aryl methyl sites for hydroxylation is 2. The van der Waals surface area contributed by atoms with E-state index in [-0.39, 0.29) is 33.1 Å². The summed E-state index contributed by atoms with van der Waals surface area (Å²) in [7, 11) is -2.22. The van der Waals surface area contributed by atoms with Crippen LogP contribution >= 0.6 is 0 Å². The number of nitrogens with zero attached hydrogens (tertiary/aromatic N) is 5. The number of hydrogen-bond acceptors (Lipinski definition) is 6. The van der Waals surface area contributed by atoms with Crippen molar-refractivity contribution in [2.75, 3.05) is 19.5 Å². The normalized spacial score (nSPS) is 17.3. The molecule has 1 aliphatic rings. The first kappa shape index (κ1) is 22.2. The van der Waals surface area contributed by atoms with Crippen LogP contribution in [0.3, 0.4) is 0 Å². The number of hydrogen-bond donors (Lipinski definition) is 0. The lowest BCUT2D eigenvalue weighted by atomic mass is 9.86. The SMILES string of the molecule is [2H]C([2H])([2H])c1nnn(C)c1-c1cnc2c3c(F)cc(S(C)(=O)=O)cc3n([C@H](c3ccc(F)cc3)C3CCOCC3)c2c1. The first-order valence-electron chi connectivity index (χ1n) is 13.9. The number of rotatable bonds is 5. The molecular weight excluding hydrogens is 524 g/mol. The zero-order chi connectivity index (χ0) is 30.0. The minimum Gasteiger partial charge on any atom is -0.381 e. The number of halogens is 2. The molecule has 5 aromatic rings. The highest BCUT2D eigenvalue weighted by molar-refractivity contribution is 7.90. The van der Waals surface area contributed by atoms with E-state index in [1.807, 2.05) is 4.57 Å². The Morgan fingerprint density at radius 2 is 1.85 bits per heavy atom. The number of pyridine rings is 1. The summed E-state index contributed by atoms with van der Waals surface area (Å²) in [6.07, 6.45) is 3.75. The topological polar surface area (TPSA) is 91.9 Å². The Morgan fingerprint density at radius 1 is 1.10 bits per heavy atom. The van der Waals surface area contributed by atoms with Gasteiger partial charge < -0.3 is 9.30 Å². The predicted molar refractivity (Wildman–Crippen MR) is 143 cm³/mol. The third-order valence-corrected chi connectivity index (χ3v) is 8.49. The van der Waals surface area contributed by atoms with Gasteiger partial charge in [0.2, 0.25) is 0 Å². The summed E-state index contributed by atoms with van der Waals surface area (Å²) in [5, 5.41) is 7.91. The smallest absolute Gasteiger partial charge is 0.175 e. The highest BCUT2D eigenvalue weighted by Crippen LogP contribution is 2.42. The average molecular weight is 555 g/mol. The first-order chi connectivity index (χ1) is 19.8. The van der Waals surface area contributed by atoms with Crippen LogP contribution in [0.4, 0.5) is 8.78 Å². The number of ether oxygens (including phenoxy) is 1. The lowest BCUT2D eigenvalue weighted by Crippen LogP contribution is -2.27. The molecule has 1 fully saturated rings. The molecule has 1 saturated heterocycles. The summed E-state index contributed by atoms with van der Waals surface area (Å²) in [4.78, 5) is 4.40. The van der Waals surface area contributed by atoms with E-state index in [2.05, 4.69) is 15.3 Å². The Morgan fingerprint density at radius 3 is 2.54 bits per heavy atom. The van der Waals surface area contributed by atoms with Crippen molar-refractivity contribution in [2.45, 2.75) is 30.6 Å². The maximum absolute atomic E-state index is 15.9. The zero-order valence-corrected chi connectivity index (χ0v) is 22.0. The second-order valence-electron chi connectivity index (χ2n) is 9.89. The molecule has 3 aromatic heterocycles. The molecular formula is C28H27F2N5O3S. The van der Waals surface area contributed by atoms with Crippen LogP contribution in [0, 0.1) is 24.4 Å². The number of benzene rings is 2. The van der Waals surface area contributed by atoms with Gasteiger partial charge in [0, 0.05) is 42.4 Å². The second-order valence-corrected chi connectivity index (χ2v) is 11.9. The predicted octanol–water partition coefficient (Wildman–Crippen LogP) is 4.99. The van der Waals surface area contributed by atoms with Crippen LogP contribution in [-0.4, -0.2) is 52.4 Å². The second kappa shape index (κ2) is 9.49. The fourth-order valence-electron chi connectivity index (χ4n) is 5.60. The van der Waals surface area contributed by atoms with Gasteiger partial charge in [-0.05, 0) is 61.5 Å². The van der Waals surface area contributed by atoms with Gasteiger partial charge in [0.05, 0.1) is 44.3 Å². The van der Waals surface area contributed by atoms with Crippen LogP contribution in [-0.2, 0) is 21.6 Å². The van der Waals surface area contributed by atoms with E-state index in [1.165, 1.54) is 29.1 Å². The van der Waals surface area contributed by atoms with Crippen molar-refractivity contribution in [2.24, 2.45) is 13.0 Å². The van der Waals surface area contributed by atoms with Gasteiger partial charge in [-0.25, -0.2) is 21.9 Å². The van der Waals surface area contributed by atoms with E-state index in [0.29, 0.717) is 42.7 Å². The average Bonchev–Trinajstić information content (AvgIpc) is 3.48. The number of sulfone groups is 1. The highest BCUT2D eigenvalue weighted by Gasteiger charge is 2.32. The number of aromatic nitrogens is 5.